The van der Waals surface area contributed by atoms with Crippen LogP contribution in [0, 0.1) is 5.82 Å². The lowest BCUT2D eigenvalue weighted by Gasteiger charge is -2.03. The average Bonchev–Trinajstić information content (AvgIpc) is 2.10. The summed E-state index contributed by atoms with van der Waals surface area (Å²) in [5.74, 6) is -0.319. The molecule has 0 aromatic heterocycles. The predicted molar refractivity (Wildman–Crippen MR) is 55.3 cm³/mol. The minimum absolute atomic E-state index is 0.319. The molecule has 0 aliphatic heterocycles. The van der Waals surface area contributed by atoms with Gasteiger partial charge in [0.25, 0.3) is 0 Å². The number of hydrogen-bond donors (Lipinski definition) is 0. The summed E-state index contributed by atoms with van der Waals surface area (Å²) in [7, 11) is 0. The first-order chi connectivity index (χ1) is 6.19. The predicted octanol–water partition coefficient (Wildman–Crippen LogP) is 4.07. The van der Waals surface area contributed by atoms with E-state index in [4.69, 9.17) is 11.6 Å². The van der Waals surface area contributed by atoms with Crippen LogP contribution in [-0.2, 0) is 0 Å². The van der Waals surface area contributed by atoms with Crippen molar-refractivity contribution in [1.29, 1.82) is 0 Å². The second-order valence-corrected chi connectivity index (χ2v) is 3.01. The Morgan fingerprint density at radius 2 is 2.23 bits per heavy atom. The van der Waals surface area contributed by atoms with E-state index in [1.54, 1.807) is 24.3 Å². The topological polar surface area (TPSA) is 0 Å². The van der Waals surface area contributed by atoms with Gasteiger partial charge in [-0.05, 0) is 30.7 Å². The molecule has 0 N–H and O–H groups in total. The zero-order chi connectivity index (χ0) is 9.84. The van der Waals surface area contributed by atoms with E-state index in [0.717, 1.165) is 5.57 Å². The molecule has 0 unspecified atom stereocenters. The second-order valence-electron chi connectivity index (χ2n) is 2.57. The molecule has 0 amide bonds. The Balaban J connectivity index is 3.22. The molecule has 0 saturated heterocycles. The summed E-state index contributed by atoms with van der Waals surface area (Å²) in [6.45, 7) is 5.44. The van der Waals surface area contributed by atoms with Crippen LogP contribution in [0.4, 0.5) is 4.39 Å². The Hall–Kier alpha value is -1.08. The molecule has 0 radical (unpaired) electrons. The van der Waals surface area contributed by atoms with Gasteiger partial charge >= 0.3 is 0 Å². The maximum absolute atomic E-state index is 13.3. The van der Waals surface area contributed by atoms with Crippen molar-refractivity contribution in [1.82, 2.24) is 0 Å². The lowest BCUT2D eigenvalue weighted by atomic mass is 10.1. The monoisotopic (exact) mass is 196 g/mol. The maximum atomic E-state index is 13.3. The zero-order valence-electron chi connectivity index (χ0n) is 7.35. The highest BCUT2D eigenvalue weighted by Crippen LogP contribution is 2.21. The van der Waals surface area contributed by atoms with Crippen LogP contribution in [0.2, 0.25) is 5.02 Å². The first-order valence-electron chi connectivity index (χ1n) is 3.93. The smallest absolute Gasteiger partial charge is 0.132 e. The third-order valence-corrected chi connectivity index (χ3v) is 2.01. The van der Waals surface area contributed by atoms with Gasteiger partial charge in [0.2, 0.25) is 0 Å². The van der Waals surface area contributed by atoms with E-state index in [-0.39, 0.29) is 5.82 Å². The normalized spacial score (nSPS) is 11.5. The summed E-state index contributed by atoms with van der Waals surface area (Å²) < 4.78 is 13.3. The van der Waals surface area contributed by atoms with Crippen molar-refractivity contribution < 1.29 is 4.39 Å². The third kappa shape index (κ3) is 2.19. The van der Waals surface area contributed by atoms with Crippen molar-refractivity contribution in [2.75, 3.05) is 0 Å². The van der Waals surface area contributed by atoms with Crippen LogP contribution < -0.4 is 0 Å². The second kappa shape index (κ2) is 4.24. The van der Waals surface area contributed by atoms with Crippen LogP contribution in [0.15, 0.2) is 36.9 Å². The molecule has 0 bridgehead atoms. The lowest BCUT2D eigenvalue weighted by Crippen LogP contribution is -1.86. The first kappa shape index (κ1) is 10.0. The standard InChI is InChI=1S/C11H10ClF/c1-3-8(4-2)10-6-5-9(12)7-11(10)13/h3-7H,1H2,2H3. The molecule has 0 fully saturated rings. The average molecular weight is 197 g/mol. The number of benzene rings is 1. The van der Waals surface area contributed by atoms with Gasteiger partial charge in [-0.1, -0.05) is 30.3 Å². The molecule has 0 aliphatic rings. The summed E-state index contributed by atoms with van der Waals surface area (Å²) >= 11 is 5.62. The van der Waals surface area contributed by atoms with Crippen LogP contribution in [0.3, 0.4) is 0 Å². The van der Waals surface area contributed by atoms with Gasteiger partial charge in [-0.2, -0.15) is 0 Å². The molecule has 2 heteroatoms. The lowest BCUT2D eigenvalue weighted by molar-refractivity contribution is 0.624. The molecular formula is C11H10ClF. The van der Waals surface area contributed by atoms with Gasteiger partial charge < -0.3 is 0 Å². The van der Waals surface area contributed by atoms with Gasteiger partial charge in [-0.3, -0.25) is 0 Å². The van der Waals surface area contributed by atoms with E-state index in [2.05, 4.69) is 6.58 Å². The highest BCUT2D eigenvalue weighted by Gasteiger charge is 2.04. The van der Waals surface area contributed by atoms with Gasteiger partial charge in [0.15, 0.2) is 0 Å². The molecule has 0 aliphatic carbocycles. The van der Waals surface area contributed by atoms with Gasteiger partial charge in [-0.25, -0.2) is 4.39 Å². The molecule has 13 heavy (non-hydrogen) atoms. The number of halogens is 2. The number of hydrogen-bond acceptors (Lipinski definition) is 0. The van der Waals surface area contributed by atoms with E-state index in [1.165, 1.54) is 6.07 Å². The molecule has 1 rings (SSSR count). The molecule has 0 nitrogen and oxygen atoms in total. The molecule has 1 aromatic rings. The van der Waals surface area contributed by atoms with Crippen LogP contribution >= 0.6 is 11.6 Å². The quantitative estimate of drug-likeness (QED) is 0.626. The summed E-state index contributed by atoms with van der Waals surface area (Å²) in [5, 5.41) is 0.403. The van der Waals surface area contributed by atoms with Crippen molar-refractivity contribution in [2.45, 2.75) is 6.92 Å². The number of allylic oxidation sites excluding steroid dienone is 3. The van der Waals surface area contributed by atoms with Gasteiger partial charge in [0.1, 0.15) is 5.82 Å². The molecular weight excluding hydrogens is 187 g/mol. The van der Waals surface area contributed by atoms with E-state index >= 15 is 0 Å². The zero-order valence-corrected chi connectivity index (χ0v) is 8.11. The summed E-state index contributed by atoms with van der Waals surface area (Å²) in [4.78, 5) is 0. The van der Waals surface area contributed by atoms with Crippen LogP contribution in [0.1, 0.15) is 12.5 Å². The molecule has 0 atom stereocenters. The van der Waals surface area contributed by atoms with Crippen LogP contribution in [-0.4, -0.2) is 0 Å². The van der Waals surface area contributed by atoms with E-state index in [9.17, 15) is 4.39 Å². The maximum Gasteiger partial charge on any atom is 0.132 e. The highest BCUT2D eigenvalue weighted by atomic mass is 35.5. The molecule has 0 heterocycles. The SMILES string of the molecule is C=CC(=CC)c1ccc(Cl)cc1F. The summed E-state index contributed by atoms with van der Waals surface area (Å²) in [5.41, 5.74) is 1.30. The first-order valence-corrected chi connectivity index (χ1v) is 4.31. The van der Waals surface area contributed by atoms with Crippen LogP contribution in [0.25, 0.3) is 5.57 Å². The Kier molecular flexibility index (Phi) is 3.26. The molecule has 1 aromatic carbocycles. The highest BCUT2D eigenvalue weighted by molar-refractivity contribution is 6.30. The van der Waals surface area contributed by atoms with E-state index < -0.39 is 0 Å². The minimum Gasteiger partial charge on any atom is -0.206 e. The largest absolute Gasteiger partial charge is 0.206 e. The van der Waals surface area contributed by atoms with E-state index in [1.807, 2.05) is 6.92 Å². The van der Waals surface area contributed by atoms with Gasteiger partial charge in [0, 0.05) is 10.6 Å². The van der Waals surface area contributed by atoms with Gasteiger partial charge in [0.05, 0.1) is 0 Å². The Morgan fingerprint density at radius 1 is 1.54 bits per heavy atom. The van der Waals surface area contributed by atoms with Crippen LogP contribution in [0.5, 0.6) is 0 Å². The van der Waals surface area contributed by atoms with Crippen molar-refractivity contribution in [2.24, 2.45) is 0 Å². The Bertz CT molecular complexity index is 353. The van der Waals surface area contributed by atoms with Crippen molar-refractivity contribution >= 4 is 17.2 Å². The van der Waals surface area contributed by atoms with Crippen molar-refractivity contribution in [3.63, 3.8) is 0 Å². The molecule has 0 spiro atoms. The minimum atomic E-state index is -0.319. The third-order valence-electron chi connectivity index (χ3n) is 1.77. The van der Waals surface area contributed by atoms with Crippen molar-refractivity contribution in [3.05, 3.63) is 53.3 Å². The molecule has 68 valence electrons. The van der Waals surface area contributed by atoms with E-state index in [0.29, 0.717) is 10.6 Å². The fraction of sp³-hybridized carbons (Fsp3) is 0.0909. The summed E-state index contributed by atoms with van der Waals surface area (Å²) in [6, 6.07) is 4.60. The Labute approximate surface area is 82.3 Å². The summed E-state index contributed by atoms with van der Waals surface area (Å²) in [6.07, 6.45) is 3.42. The van der Waals surface area contributed by atoms with Crippen molar-refractivity contribution in [3.8, 4) is 0 Å². The molecule has 0 saturated carbocycles. The number of rotatable bonds is 2. The fourth-order valence-electron chi connectivity index (χ4n) is 1.11. The van der Waals surface area contributed by atoms with Gasteiger partial charge in [-0.15, -0.1) is 0 Å². The fourth-order valence-corrected chi connectivity index (χ4v) is 1.27. The Morgan fingerprint density at radius 3 is 2.69 bits per heavy atom.